The second kappa shape index (κ2) is 5.32. The Morgan fingerprint density at radius 1 is 1.36 bits per heavy atom. The molecule has 0 unspecified atom stereocenters. The van der Waals surface area contributed by atoms with E-state index >= 15 is 0 Å². The van der Waals surface area contributed by atoms with Gasteiger partial charge in [0.25, 0.3) is 0 Å². The zero-order chi connectivity index (χ0) is 10.4. The minimum absolute atomic E-state index is 0.256. The zero-order valence-electron chi connectivity index (χ0n) is 8.32. The highest BCUT2D eigenvalue weighted by Gasteiger charge is 2.15. The van der Waals surface area contributed by atoms with Gasteiger partial charge in [-0.2, -0.15) is 0 Å². The van der Waals surface area contributed by atoms with Gasteiger partial charge in [-0.15, -0.1) is 0 Å². The van der Waals surface area contributed by atoms with Crippen LogP contribution >= 0.6 is 0 Å². The molecule has 0 bridgehead atoms. The molecule has 1 aliphatic rings. The van der Waals surface area contributed by atoms with Gasteiger partial charge in [0.1, 0.15) is 6.29 Å². The summed E-state index contributed by atoms with van der Waals surface area (Å²) in [7, 11) is 0. The molecule has 1 saturated carbocycles. The van der Waals surface area contributed by atoms with Crippen LogP contribution in [-0.2, 0) is 9.59 Å². The number of Topliss-reactive ketones (excluding diaryl/α,β-unsaturated/α-hetero) is 1. The Bertz CT molecular complexity index is 319. The molecule has 74 valence electrons. The first-order valence-corrected chi connectivity index (χ1v) is 4.76. The fourth-order valence-corrected chi connectivity index (χ4v) is 1.39. The van der Waals surface area contributed by atoms with E-state index in [2.05, 4.69) is 0 Å². The normalized spacial score (nSPS) is 21.1. The minimum atomic E-state index is 0.256. The third kappa shape index (κ3) is 3.13. The lowest BCUT2D eigenvalue weighted by molar-refractivity contribution is -0.114. The van der Waals surface area contributed by atoms with Gasteiger partial charge in [0.2, 0.25) is 0 Å². The highest BCUT2D eigenvalue weighted by molar-refractivity contribution is 5.97. The maximum atomic E-state index is 11.2. The van der Waals surface area contributed by atoms with Crippen molar-refractivity contribution < 1.29 is 9.59 Å². The van der Waals surface area contributed by atoms with Gasteiger partial charge in [-0.25, -0.2) is 0 Å². The Morgan fingerprint density at radius 2 is 2.14 bits per heavy atom. The summed E-state index contributed by atoms with van der Waals surface area (Å²) in [5.41, 5.74) is 1.79. The Kier molecular flexibility index (Phi) is 4.05. The summed E-state index contributed by atoms with van der Waals surface area (Å²) < 4.78 is 0. The van der Waals surface area contributed by atoms with Gasteiger partial charge in [-0.05, 0) is 37.0 Å². The van der Waals surface area contributed by atoms with Gasteiger partial charge in [0.15, 0.2) is 5.78 Å². The van der Waals surface area contributed by atoms with E-state index in [9.17, 15) is 9.59 Å². The maximum absolute atomic E-state index is 11.2. The van der Waals surface area contributed by atoms with Crippen LogP contribution in [0, 0.1) is 0 Å². The second-order valence-electron chi connectivity index (χ2n) is 3.37. The Hall–Kier alpha value is -1.44. The summed E-state index contributed by atoms with van der Waals surface area (Å²) >= 11 is 0. The molecule has 0 aromatic rings. The van der Waals surface area contributed by atoms with Crippen LogP contribution in [0.3, 0.4) is 0 Å². The second-order valence-corrected chi connectivity index (χ2v) is 3.37. The highest BCUT2D eigenvalue weighted by Crippen LogP contribution is 2.20. The third-order valence-electron chi connectivity index (χ3n) is 2.20. The van der Waals surface area contributed by atoms with Crippen LogP contribution in [0.5, 0.6) is 0 Å². The van der Waals surface area contributed by atoms with E-state index in [1.165, 1.54) is 6.08 Å². The van der Waals surface area contributed by atoms with Crippen LogP contribution < -0.4 is 0 Å². The first-order chi connectivity index (χ1) is 6.74. The van der Waals surface area contributed by atoms with Crippen LogP contribution in [0.1, 0.15) is 26.2 Å². The topological polar surface area (TPSA) is 34.1 Å². The number of carbonyl (C=O) groups is 2. The number of hydrogen-bond donors (Lipinski definition) is 0. The molecular weight excluding hydrogens is 176 g/mol. The summed E-state index contributed by atoms with van der Waals surface area (Å²) in [6, 6.07) is 0. The molecule has 0 aromatic heterocycles. The number of rotatable bonds is 3. The molecule has 14 heavy (non-hydrogen) atoms. The van der Waals surface area contributed by atoms with Crippen molar-refractivity contribution in [3.05, 3.63) is 35.5 Å². The monoisotopic (exact) mass is 190 g/mol. The number of allylic oxidation sites excluding steroid dienone is 6. The minimum Gasteiger partial charge on any atom is -0.299 e. The van der Waals surface area contributed by atoms with Crippen LogP contribution in [0.2, 0.25) is 0 Å². The molecule has 0 spiro atoms. The van der Waals surface area contributed by atoms with Crippen LogP contribution in [-0.4, -0.2) is 12.1 Å². The molecule has 0 N–H and O–H groups in total. The van der Waals surface area contributed by atoms with Gasteiger partial charge in [0, 0.05) is 6.42 Å². The molecule has 2 heteroatoms. The van der Waals surface area contributed by atoms with E-state index in [4.69, 9.17) is 0 Å². The smallest absolute Gasteiger partial charge is 0.158 e. The average molecular weight is 190 g/mol. The van der Waals surface area contributed by atoms with Crippen molar-refractivity contribution in [3.8, 4) is 0 Å². The van der Waals surface area contributed by atoms with Crippen molar-refractivity contribution in [2.24, 2.45) is 0 Å². The molecule has 1 aliphatic carbocycles. The molecule has 0 atom stereocenters. The number of hydrogen-bond acceptors (Lipinski definition) is 2. The lowest BCUT2D eigenvalue weighted by Crippen LogP contribution is -1.89. The van der Waals surface area contributed by atoms with Gasteiger partial charge in [0.05, 0.1) is 0 Å². The maximum Gasteiger partial charge on any atom is 0.158 e. The molecule has 2 nitrogen and oxygen atoms in total. The number of ketones is 1. The van der Waals surface area contributed by atoms with Gasteiger partial charge in [-0.3, -0.25) is 9.59 Å². The average Bonchev–Trinajstić information content (AvgIpc) is 2.52. The highest BCUT2D eigenvalue weighted by atomic mass is 16.1. The van der Waals surface area contributed by atoms with E-state index in [1.54, 1.807) is 0 Å². The Balaban J connectivity index is 2.57. The summed E-state index contributed by atoms with van der Waals surface area (Å²) in [5.74, 6) is 0.256. The molecular formula is C12H14O2. The molecule has 0 aliphatic heterocycles. The molecule has 1 rings (SSSR count). The van der Waals surface area contributed by atoms with E-state index in [1.807, 2.05) is 25.2 Å². The van der Waals surface area contributed by atoms with Crippen molar-refractivity contribution >= 4 is 12.1 Å². The quantitative estimate of drug-likeness (QED) is 0.389. The molecule has 0 amide bonds. The summed E-state index contributed by atoms with van der Waals surface area (Å²) in [5, 5.41) is 0. The van der Waals surface area contributed by atoms with Gasteiger partial charge < -0.3 is 0 Å². The van der Waals surface area contributed by atoms with Crippen LogP contribution in [0.25, 0.3) is 0 Å². The van der Waals surface area contributed by atoms with Gasteiger partial charge in [-0.1, -0.05) is 18.2 Å². The fourth-order valence-electron chi connectivity index (χ4n) is 1.39. The van der Waals surface area contributed by atoms with E-state index in [0.29, 0.717) is 6.42 Å². The van der Waals surface area contributed by atoms with E-state index in [-0.39, 0.29) is 5.78 Å². The van der Waals surface area contributed by atoms with Crippen molar-refractivity contribution in [3.63, 3.8) is 0 Å². The third-order valence-corrected chi connectivity index (χ3v) is 2.20. The largest absolute Gasteiger partial charge is 0.299 e. The standard InChI is InChI=1S/C12H14O2/c1-10(8-9-13)4-2-5-11-6-3-7-12(11)14/h2,4-5,8-9H,3,6-7H2,1H3/b4-2+,10-8-,11-5-. The molecule has 0 radical (unpaired) electrons. The Labute approximate surface area is 84.0 Å². The molecule has 0 heterocycles. The predicted octanol–water partition coefficient (Wildman–Crippen LogP) is 2.37. The predicted molar refractivity (Wildman–Crippen MR) is 55.9 cm³/mol. The first kappa shape index (κ1) is 10.6. The molecule has 1 fully saturated rings. The van der Waals surface area contributed by atoms with Crippen LogP contribution in [0.4, 0.5) is 0 Å². The number of aldehydes is 1. The van der Waals surface area contributed by atoms with Crippen molar-refractivity contribution in [2.75, 3.05) is 0 Å². The van der Waals surface area contributed by atoms with Crippen molar-refractivity contribution in [1.82, 2.24) is 0 Å². The van der Waals surface area contributed by atoms with Crippen LogP contribution in [0.15, 0.2) is 35.5 Å². The summed E-state index contributed by atoms with van der Waals surface area (Å²) in [4.78, 5) is 21.3. The van der Waals surface area contributed by atoms with E-state index in [0.717, 1.165) is 30.3 Å². The van der Waals surface area contributed by atoms with Crippen molar-refractivity contribution in [1.29, 1.82) is 0 Å². The fraction of sp³-hybridized carbons (Fsp3) is 0.333. The van der Waals surface area contributed by atoms with E-state index < -0.39 is 0 Å². The summed E-state index contributed by atoms with van der Waals surface area (Å²) in [6.45, 7) is 1.85. The zero-order valence-corrected chi connectivity index (χ0v) is 8.32. The lowest BCUT2D eigenvalue weighted by Gasteiger charge is -1.89. The SMILES string of the molecule is CC(=C/C=O)/C=C/C=C1/CCCC1=O. The lowest BCUT2D eigenvalue weighted by atomic mass is 10.2. The number of carbonyl (C=O) groups excluding carboxylic acids is 2. The first-order valence-electron chi connectivity index (χ1n) is 4.76. The Morgan fingerprint density at radius 3 is 2.71 bits per heavy atom. The molecule has 0 saturated heterocycles. The summed E-state index contributed by atoms with van der Waals surface area (Å²) in [6.07, 6.45) is 10.3. The molecule has 0 aromatic carbocycles. The van der Waals surface area contributed by atoms with Crippen molar-refractivity contribution in [2.45, 2.75) is 26.2 Å². The van der Waals surface area contributed by atoms with Gasteiger partial charge >= 0.3 is 0 Å².